The maximum absolute atomic E-state index is 12.9. The van der Waals surface area contributed by atoms with Gasteiger partial charge in [-0.15, -0.1) is 10.2 Å². The third-order valence-electron chi connectivity index (χ3n) is 6.03. The fourth-order valence-corrected chi connectivity index (χ4v) is 4.33. The summed E-state index contributed by atoms with van der Waals surface area (Å²) in [5, 5.41) is 14.8. The van der Waals surface area contributed by atoms with Gasteiger partial charge in [0.1, 0.15) is 0 Å². The number of benzene rings is 3. The van der Waals surface area contributed by atoms with Gasteiger partial charge in [0.15, 0.2) is 5.82 Å². The standard InChI is InChI=1S/C26H23ClN4O/c27-21-10-8-19(9-11-21)23-12-13-25(30-29-23)31-16-14-20(15-17-31)26(32)28-24-7-3-5-18-4-1-2-6-22(18)24/h1-13,20H,14-17H2,(H,28,32). The molecule has 1 N–H and O–H groups in total. The molecular formula is C26H23ClN4O. The largest absolute Gasteiger partial charge is 0.355 e. The minimum Gasteiger partial charge on any atom is -0.355 e. The highest BCUT2D eigenvalue weighted by Gasteiger charge is 2.26. The molecule has 6 heteroatoms. The van der Waals surface area contributed by atoms with Crippen LogP contribution in [0.4, 0.5) is 11.5 Å². The van der Waals surface area contributed by atoms with Crippen molar-refractivity contribution >= 4 is 39.8 Å². The first-order valence-corrected chi connectivity index (χ1v) is 11.2. The lowest BCUT2D eigenvalue weighted by Crippen LogP contribution is -2.38. The second-order valence-electron chi connectivity index (χ2n) is 8.06. The lowest BCUT2D eigenvalue weighted by molar-refractivity contribution is -0.120. The zero-order valence-corrected chi connectivity index (χ0v) is 18.3. The molecule has 1 fully saturated rings. The highest BCUT2D eigenvalue weighted by Crippen LogP contribution is 2.27. The van der Waals surface area contributed by atoms with Gasteiger partial charge in [-0.25, -0.2) is 0 Å². The van der Waals surface area contributed by atoms with Crippen LogP contribution in [0, 0.1) is 5.92 Å². The summed E-state index contributed by atoms with van der Waals surface area (Å²) in [7, 11) is 0. The van der Waals surface area contributed by atoms with Crippen LogP contribution in [0.25, 0.3) is 22.0 Å². The van der Waals surface area contributed by atoms with Crippen molar-refractivity contribution in [3.05, 3.63) is 83.9 Å². The first-order valence-electron chi connectivity index (χ1n) is 10.8. The van der Waals surface area contributed by atoms with Crippen LogP contribution in [-0.4, -0.2) is 29.2 Å². The van der Waals surface area contributed by atoms with Crippen molar-refractivity contribution in [1.82, 2.24) is 10.2 Å². The summed E-state index contributed by atoms with van der Waals surface area (Å²) in [6.07, 6.45) is 1.58. The predicted octanol–water partition coefficient (Wildman–Crippen LogP) is 5.81. The van der Waals surface area contributed by atoms with Crippen LogP contribution in [0.3, 0.4) is 0 Å². The van der Waals surface area contributed by atoms with Crippen molar-refractivity contribution in [1.29, 1.82) is 0 Å². The predicted molar refractivity (Wildman–Crippen MR) is 130 cm³/mol. The minimum absolute atomic E-state index is 0.00785. The van der Waals surface area contributed by atoms with Gasteiger partial charge < -0.3 is 10.2 Å². The Labute approximate surface area is 192 Å². The van der Waals surface area contributed by atoms with Gasteiger partial charge in [0.25, 0.3) is 0 Å². The lowest BCUT2D eigenvalue weighted by atomic mass is 9.95. The van der Waals surface area contributed by atoms with Crippen LogP contribution in [0.1, 0.15) is 12.8 Å². The van der Waals surface area contributed by atoms with Crippen molar-refractivity contribution in [2.24, 2.45) is 5.92 Å². The van der Waals surface area contributed by atoms with Crippen LogP contribution >= 0.6 is 11.6 Å². The smallest absolute Gasteiger partial charge is 0.227 e. The summed E-state index contributed by atoms with van der Waals surface area (Å²) in [6, 6.07) is 25.6. The molecule has 1 aromatic heterocycles. The molecule has 160 valence electrons. The van der Waals surface area contributed by atoms with Crippen molar-refractivity contribution in [2.45, 2.75) is 12.8 Å². The molecule has 2 heterocycles. The number of aromatic nitrogens is 2. The molecule has 3 aromatic carbocycles. The topological polar surface area (TPSA) is 58.1 Å². The number of hydrogen-bond donors (Lipinski definition) is 1. The van der Waals surface area contributed by atoms with Gasteiger partial charge in [-0.3, -0.25) is 4.79 Å². The SMILES string of the molecule is O=C(Nc1cccc2ccccc12)C1CCN(c2ccc(-c3ccc(Cl)cc3)nn2)CC1. The van der Waals surface area contributed by atoms with Gasteiger partial charge in [-0.2, -0.15) is 0 Å². The molecule has 32 heavy (non-hydrogen) atoms. The summed E-state index contributed by atoms with van der Waals surface area (Å²) >= 11 is 5.96. The Morgan fingerprint density at radius 1 is 0.875 bits per heavy atom. The number of amides is 1. The fraction of sp³-hybridized carbons (Fsp3) is 0.192. The molecule has 5 nitrogen and oxygen atoms in total. The summed E-state index contributed by atoms with van der Waals surface area (Å²) < 4.78 is 0. The Bertz CT molecular complexity index is 1230. The molecule has 0 radical (unpaired) electrons. The molecule has 4 aromatic rings. The molecule has 1 aliphatic rings. The molecule has 0 saturated carbocycles. The monoisotopic (exact) mass is 442 g/mol. The van der Waals surface area contributed by atoms with Crippen molar-refractivity contribution in [3.63, 3.8) is 0 Å². The molecule has 0 bridgehead atoms. The van der Waals surface area contributed by atoms with E-state index in [4.69, 9.17) is 11.6 Å². The van der Waals surface area contributed by atoms with Crippen LogP contribution in [0.2, 0.25) is 5.02 Å². The molecule has 1 amide bonds. The van der Waals surface area contributed by atoms with Gasteiger partial charge >= 0.3 is 0 Å². The number of anilines is 2. The number of carbonyl (C=O) groups is 1. The lowest BCUT2D eigenvalue weighted by Gasteiger charge is -2.32. The number of nitrogens with one attached hydrogen (secondary N) is 1. The quantitative estimate of drug-likeness (QED) is 0.433. The highest BCUT2D eigenvalue weighted by molar-refractivity contribution is 6.30. The number of piperidine rings is 1. The Hall–Kier alpha value is -3.44. The van der Waals surface area contributed by atoms with Gasteiger partial charge in [-0.05, 0) is 48.6 Å². The maximum Gasteiger partial charge on any atom is 0.227 e. The summed E-state index contributed by atoms with van der Waals surface area (Å²) in [4.78, 5) is 15.1. The van der Waals surface area contributed by atoms with Gasteiger partial charge in [0.2, 0.25) is 5.91 Å². The van der Waals surface area contributed by atoms with E-state index in [0.29, 0.717) is 5.02 Å². The van der Waals surface area contributed by atoms with Crippen molar-refractivity contribution in [2.75, 3.05) is 23.3 Å². The van der Waals surface area contributed by atoms with Crippen molar-refractivity contribution in [3.8, 4) is 11.3 Å². The van der Waals surface area contributed by atoms with Crippen molar-refractivity contribution < 1.29 is 4.79 Å². The Morgan fingerprint density at radius 2 is 1.62 bits per heavy atom. The second-order valence-corrected chi connectivity index (χ2v) is 8.50. The normalized spacial score (nSPS) is 14.5. The summed E-state index contributed by atoms with van der Waals surface area (Å²) in [5.41, 5.74) is 2.67. The van der Waals surface area contributed by atoms with E-state index in [0.717, 1.165) is 59.5 Å². The molecule has 5 rings (SSSR count). The molecule has 0 aliphatic carbocycles. The molecule has 1 saturated heterocycles. The maximum atomic E-state index is 12.9. The van der Waals surface area contributed by atoms with E-state index in [1.807, 2.05) is 66.7 Å². The number of nitrogens with zero attached hydrogens (tertiary/aromatic N) is 3. The Balaban J connectivity index is 1.21. The van der Waals surface area contributed by atoms with E-state index >= 15 is 0 Å². The van der Waals surface area contributed by atoms with Gasteiger partial charge in [0.05, 0.1) is 5.69 Å². The summed E-state index contributed by atoms with van der Waals surface area (Å²) in [6.45, 7) is 1.56. The molecular weight excluding hydrogens is 420 g/mol. The number of halogens is 1. The zero-order chi connectivity index (χ0) is 21.9. The van der Waals surface area contributed by atoms with E-state index in [9.17, 15) is 4.79 Å². The molecule has 0 unspecified atom stereocenters. The van der Waals surface area contributed by atoms with Crippen LogP contribution in [0.5, 0.6) is 0 Å². The average Bonchev–Trinajstić information content (AvgIpc) is 2.85. The third-order valence-corrected chi connectivity index (χ3v) is 6.28. The minimum atomic E-state index is -0.00785. The molecule has 0 spiro atoms. The second kappa shape index (κ2) is 8.97. The Kier molecular flexibility index (Phi) is 5.73. The van der Waals surface area contributed by atoms with E-state index in [1.54, 1.807) is 0 Å². The molecule has 0 atom stereocenters. The zero-order valence-electron chi connectivity index (χ0n) is 17.5. The number of carbonyl (C=O) groups excluding carboxylic acids is 1. The number of hydrogen-bond acceptors (Lipinski definition) is 4. The fourth-order valence-electron chi connectivity index (χ4n) is 4.21. The average molecular weight is 443 g/mol. The van der Waals surface area contributed by atoms with Crippen LogP contribution in [0.15, 0.2) is 78.9 Å². The van der Waals surface area contributed by atoms with E-state index < -0.39 is 0 Å². The number of fused-ring (bicyclic) bond motifs is 1. The van der Waals surface area contributed by atoms with E-state index in [-0.39, 0.29) is 11.8 Å². The van der Waals surface area contributed by atoms with Crippen LogP contribution < -0.4 is 10.2 Å². The molecule has 1 aliphatic heterocycles. The van der Waals surface area contributed by atoms with Gasteiger partial charge in [-0.1, -0.05) is 60.1 Å². The summed E-state index contributed by atoms with van der Waals surface area (Å²) in [5.74, 6) is 0.923. The first kappa shape index (κ1) is 20.5. The van der Waals surface area contributed by atoms with Gasteiger partial charge in [0, 0.05) is 40.7 Å². The third kappa shape index (κ3) is 4.30. The van der Waals surface area contributed by atoms with E-state index in [1.165, 1.54) is 0 Å². The first-order chi connectivity index (χ1) is 15.7. The number of rotatable bonds is 4. The van der Waals surface area contributed by atoms with E-state index in [2.05, 4.69) is 32.5 Å². The van der Waals surface area contributed by atoms with Crippen LogP contribution in [-0.2, 0) is 4.79 Å². The Morgan fingerprint density at radius 3 is 2.38 bits per heavy atom. The highest BCUT2D eigenvalue weighted by atomic mass is 35.5.